The third-order valence-electron chi connectivity index (χ3n) is 3.03. The molecule has 0 saturated carbocycles. The van der Waals surface area contributed by atoms with E-state index in [0.717, 1.165) is 30.9 Å². The standard InChI is InChI=1S/C12H14ClN3O/c13-9-4-5-16-12(7-9)14-11(15-16)8-10-3-1-2-6-17-10/h4-5,7,10H,1-3,6,8H2. The minimum Gasteiger partial charge on any atom is -0.378 e. The van der Waals surface area contributed by atoms with Gasteiger partial charge >= 0.3 is 0 Å². The Bertz CT molecular complexity index is 519. The molecule has 1 unspecified atom stereocenters. The summed E-state index contributed by atoms with van der Waals surface area (Å²) in [6.07, 6.45) is 6.41. The first-order valence-corrected chi connectivity index (χ1v) is 6.31. The van der Waals surface area contributed by atoms with Crippen molar-refractivity contribution in [2.45, 2.75) is 31.8 Å². The molecule has 5 heteroatoms. The second kappa shape index (κ2) is 4.63. The molecule has 1 aliphatic rings. The van der Waals surface area contributed by atoms with Crippen LogP contribution in [0.2, 0.25) is 5.02 Å². The van der Waals surface area contributed by atoms with Crippen LogP contribution >= 0.6 is 11.6 Å². The largest absolute Gasteiger partial charge is 0.378 e. The van der Waals surface area contributed by atoms with E-state index in [2.05, 4.69) is 10.1 Å². The van der Waals surface area contributed by atoms with Crippen molar-refractivity contribution in [3.63, 3.8) is 0 Å². The molecule has 1 aliphatic heterocycles. The van der Waals surface area contributed by atoms with E-state index in [4.69, 9.17) is 16.3 Å². The number of pyridine rings is 1. The number of hydrogen-bond donors (Lipinski definition) is 0. The van der Waals surface area contributed by atoms with Gasteiger partial charge in [0.1, 0.15) is 0 Å². The molecular formula is C12H14ClN3O. The van der Waals surface area contributed by atoms with Gasteiger partial charge in [-0.3, -0.25) is 0 Å². The highest BCUT2D eigenvalue weighted by Gasteiger charge is 2.16. The summed E-state index contributed by atoms with van der Waals surface area (Å²) in [5, 5.41) is 5.10. The van der Waals surface area contributed by atoms with Gasteiger partial charge in [0, 0.05) is 30.3 Å². The van der Waals surface area contributed by atoms with Gasteiger partial charge < -0.3 is 4.74 Å². The topological polar surface area (TPSA) is 39.4 Å². The Morgan fingerprint density at radius 2 is 2.41 bits per heavy atom. The highest BCUT2D eigenvalue weighted by Crippen LogP contribution is 2.17. The Hall–Kier alpha value is -1.13. The normalized spacial score (nSPS) is 20.9. The first-order chi connectivity index (χ1) is 8.31. The van der Waals surface area contributed by atoms with Crippen LogP contribution < -0.4 is 0 Å². The van der Waals surface area contributed by atoms with Gasteiger partial charge in [0.2, 0.25) is 0 Å². The second-order valence-electron chi connectivity index (χ2n) is 4.37. The van der Waals surface area contributed by atoms with Crippen LogP contribution in [0, 0.1) is 0 Å². The number of hydrogen-bond acceptors (Lipinski definition) is 3. The summed E-state index contributed by atoms with van der Waals surface area (Å²) in [4.78, 5) is 4.46. The van der Waals surface area contributed by atoms with Crippen molar-refractivity contribution in [2.24, 2.45) is 0 Å². The zero-order valence-electron chi connectivity index (χ0n) is 9.47. The molecule has 3 rings (SSSR count). The van der Waals surface area contributed by atoms with Crippen molar-refractivity contribution in [2.75, 3.05) is 6.61 Å². The van der Waals surface area contributed by atoms with Gasteiger partial charge in [-0.05, 0) is 25.3 Å². The molecular weight excluding hydrogens is 238 g/mol. The minimum atomic E-state index is 0.275. The van der Waals surface area contributed by atoms with Crippen LogP contribution in [0.15, 0.2) is 18.3 Å². The highest BCUT2D eigenvalue weighted by molar-refractivity contribution is 6.30. The van der Waals surface area contributed by atoms with Gasteiger partial charge in [-0.25, -0.2) is 9.50 Å². The number of ether oxygens (including phenoxy) is 1. The molecule has 17 heavy (non-hydrogen) atoms. The van der Waals surface area contributed by atoms with Gasteiger partial charge in [0.05, 0.1) is 6.10 Å². The maximum atomic E-state index is 5.91. The van der Waals surface area contributed by atoms with Crippen molar-refractivity contribution in [3.8, 4) is 0 Å². The molecule has 3 heterocycles. The quantitative estimate of drug-likeness (QED) is 0.823. The lowest BCUT2D eigenvalue weighted by Crippen LogP contribution is -2.21. The molecule has 4 nitrogen and oxygen atoms in total. The van der Waals surface area contributed by atoms with Crippen molar-refractivity contribution < 1.29 is 4.74 Å². The molecule has 0 aromatic carbocycles. The minimum absolute atomic E-state index is 0.275. The van der Waals surface area contributed by atoms with Crippen LogP contribution in [0.5, 0.6) is 0 Å². The van der Waals surface area contributed by atoms with Crippen LogP contribution in [0.1, 0.15) is 25.1 Å². The monoisotopic (exact) mass is 251 g/mol. The lowest BCUT2D eigenvalue weighted by atomic mass is 10.1. The van der Waals surface area contributed by atoms with Crippen LogP contribution in [0.4, 0.5) is 0 Å². The zero-order valence-corrected chi connectivity index (χ0v) is 10.2. The molecule has 0 N–H and O–H groups in total. The maximum absolute atomic E-state index is 5.91. The number of aromatic nitrogens is 3. The van der Waals surface area contributed by atoms with Crippen LogP contribution in [0.3, 0.4) is 0 Å². The molecule has 2 aromatic rings. The van der Waals surface area contributed by atoms with Gasteiger partial charge in [0.25, 0.3) is 0 Å². The summed E-state index contributed by atoms with van der Waals surface area (Å²) in [5.74, 6) is 0.833. The van der Waals surface area contributed by atoms with Gasteiger partial charge in [-0.1, -0.05) is 11.6 Å². The van der Waals surface area contributed by atoms with Gasteiger partial charge in [-0.2, -0.15) is 5.10 Å². The maximum Gasteiger partial charge on any atom is 0.157 e. The fraction of sp³-hybridized carbons (Fsp3) is 0.500. The Labute approximate surface area is 105 Å². The third kappa shape index (κ3) is 2.42. The molecule has 0 amide bonds. The summed E-state index contributed by atoms with van der Waals surface area (Å²) in [6.45, 7) is 0.865. The van der Waals surface area contributed by atoms with E-state index in [-0.39, 0.29) is 6.10 Å². The van der Waals surface area contributed by atoms with E-state index in [1.165, 1.54) is 12.8 Å². The third-order valence-corrected chi connectivity index (χ3v) is 3.26. The summed E-state index contributed by atoms with van der Waals surface area (Å²) in [6, 6.07) is 3.63. The summed E-state index contributed by atoms with van der Waals surface area (Å²) in [7, 11) is 0. The summed E-state index contributed by atoms with van der Waals surface area (Å²) in [5.41, 5.74) is 0.795. The zero-order chi connectivity index (χ0) is 11.7. The SMILES string of the molecule is Clc1ccn2nc(CC3CCCCO3)nc2c1. The van der Waals surface area contributed by atoms with E-state index >= 15 is 0 Å². The summed E-state index contributed by atoms with van der Waals surface area (Å²) < 4.78 is 7.44. The molecule has 2 aromatic heterocycles. The van der Waals surface area contributed by atoms with E-state index in [0.29, 0.717) is 5.02 Å². The van der Waals surface area contributed by atoms with E-state index < -0.39 is 0 Å². The molecule has 90 valence electrons. The lowest BCUT2D eigenvalue weighted by Gasteiger charge is -2.20. The smallest absolute Gasteiger partial charge is 0.157 e. The van der Waals surface area contributed by atoms with E-state index in [9.17, 15) is 0 Å². The summed E-state index contributed by atoms with van der Waals surface area (Å²) >= 11 is 5.91. The average molecular weight is 252 g/mol. The fourth-order valence-electron chi connectivity index (χ4n) is 2.16. The second-order valence-corrected chi connectivity index (χ2v) is 4.80. The van der Waals surface area contributed by atoms with Crippen molar-refractivity contribution in [1.82, 2.24) is 14.6 Å². The van der Waals surface area contributed by atoms with Crippen molar-refractivity contribution in [1.29, 1.82) is 0 Å². The molecule has 0 spiro atoms. The number of halogens is 1. The lowest BCUT2D eigenvalue weighted by molar-refractivity contribution is 0.0157. The van der Waals surface area contributed by atoms with Gasteiger partial charge in [-0.15, -0.1) is 0 Å². The molecule has 0 radical (unpaired) electrons. The molecule has 1 fully saturated rings. The Kier molecular flexibility index (Phi) is 2.99. The van der Waals surface area contributed by atoms with Crippen LogP contribution in [-0.2, 0) is 11.2 Å². The van der Waals surface area contributed by atoms with Crippen LogP contribution in [0.25, 0.3) is 5.65 Å². The predicted molar refractivity (Wildman–Crippen MR) is 65.3 cm³/mol. The Balaban J connectivity index is 1.80. The van der Waals surface area contributed by atoms with Gasteiger partial charge in [0.15, 0.2) is 11.5 Å². The van der Waals surface area contributed by atoms with Crippen molar-refractivity contribution >= 4 is 17.2 Å². The van der Waals surface area contributed by atoms with Crippen LogP contribution in [-0.4, -0.2) is 27.3 Å². The first-order valence-electron chi connectivity index (χ1n) is 5.94. The number of fused-ring (bicyclic) bond motifs is 1. The van der Waals surface area contributed by atoms with Crippen molar-refractivity contribution in [3.05, 3.63) is 29.2 Å². The predicted octanol–water partition coefficient (Wildman–Crippen LogP) is 2.49. The van der Waals surface area contributed by atoms with E-state index in [1.54, 1.807) is 4.52 Å². The number of nitrogens with zero attached hydrogens (tertiary/aromatic N) is 3. The Morgan fingerprint density at radius 3 is 3.24 bits per heavy atom. The Morgan fingerprint density at radius 1 is 1.47 bits per heavy atom. The first kappa shape index (κ1) is 11.0. The molecule has 0 bridgehead atoms. The fourth-order valence-corrected chi connectivity index (χ4v) is 2.32. The van der Waals surface area contributed by atoms with E-state index in [1.807, 2.05) is 18.3 Å². The molecule has 0 aliphatic carbocycles. The molecule has 1 saturated heterocycles. The highest BCUT2D eigenvalue weighted by atomic mass is 35.5. The average Bonchev–Trinajstić information content (AvgIpc) is 2.71. The molecule has 1 atom stereocenters. The number of rotatable bonds is 2.